The van der Waals surface area contributed by atoms with Crippen LogP contribution in [0.2, 0.25) is 0 Å². The summed E-state index contributed by atoms with van der Waals surface area (Å²) in [5.41, 5.74) is 5.34. The first-order chi connectivity index (χ1) is 15.3. The molecule has 1 aromatic carbocycles. The number of benzene rings is 1. The normalized spacial score (nSPS) is 13.1. The minimum atomic E-state index is -0.411. The molecule has 7 heteroatoms. The Balaban J connectivity index is 1.60. The predicted molar refractivity (Wildman–Crippen MR) is 128 cm³/mol. The van der Waals surface area contributed by atoms with Crippen LogP contribution in [0.1, 0.15) is 56.8 Å². The topological polar surface area (TPSA) is 77.4 Å². The van der Waals surface area contributed by atoms with Gasteiger partial charge in [-0.2, -0.15) is 0 Å². The van der Waals surface area contributed by atoms with E-state index in [1.54, 1.807) is 10.6 Å². The Labute approximate surface area is 191 Å². The van der Waals surface area contributed by atoms with Crippen LogP contribution < -0.4 is 10.9 Å². The van der Waals surface area contributed by atoms with Crippen LogP contribution in [0, 0.1) is 20.8 Å². The summed E-state index contributed by atoms with van der Waals surface area (Å²) < 4.78 is 6.66. The Morgan fingerprint density at radius 1 is 1.09 bits per heavy atom. The fourth-order valence-electron chi connectivity index (χ4n) is 4.67. The Kier molecular flexibility index (Phi) is 6.20. The zero-order valence-corrected chi connectivity index (χ0v) is 19.8. The van der Waals surface area contributed by atoms with Gasteiger partial charge in [0.2, 0.25) is 5.91 Å². The van der Waals surface area contributed by atoms with E-state index < -0.39 is 5.97 Å². The number of rotatable bonds is 5. The molecular formula is C25H28N2O4S. The van der Waals surface area contributed by atoms with Crippen molar-refractivity contribution >= 4 is 39.1 Å². The van der Waals surface area contributed by atoms with Gasteiger partial charge in [-0.15, -0.1) is 11.3 Å². The van der Waals surface area contributed by atoms with Crippen LogP contribution in [0.15, 0.2) is 23.0 Å². The number of pyridine rings is 1. The zero-order valence-electron chi connectivity index (χ0n) is 19.0. The van der Waals surface area contributed by atoms with E-state index in [2.05, 4.69) is 17.4 Å². The lowest BCUT2D eigenvalue weighted by Gasteiger charge is -2.15. The van der Waals surface area contributed by atoms with Crippen molar-refractivity contribution in [3.8, 4) is 0 Å². The van der Waals surface area contributed by atoms with Crippen LogP contribution in [0.3, 0.4) is 0 Å². The Morgan fingerprint density at radius 3 is 2.59 bits per heavy atom. The number of methoxy groups -OCH3 is 1. The van der Waals surface area contributed by atoms with Crippen LogP contribution in [0.5, 0.6) is 0 Å². The largest absolute Gasteiger partial charge is 0.465 e. The monoisotopic (exact) mass is 452 g/mol. The second-order valence-corrected chi connectivity index (χ2v) is 9.61. The average Bonchev–Trinajstić information content (AvgIpc) is 3.11. The molecule has 168 valence electrons. The first-order valence-electron chi connectivity index (χ1n) is 10.9. The lowest BCUT2D eigenvalue weighted by atomic mass is 9.95. The highest BCUT2D eigenvalue weighted by molar-refractivity contribution is 7.17. The van der Waals surface area contributed by atoms with Crippen LogP contribution >= 0.6 is 11.3 Å². The summed E-state index contributed by atoms with van der Waals surface area (Å²) in [7, 11) is 1.36. The molecule has 0 atom stereocenters. The van der Waals surface area contributed by atoms with Crippen molar-refractivity contribution in [2.75, 3.05) is 12.4 Å². The van der Waals surface area contributed by atoms with E-state index >= 15 is 0 Å². The number of amides is 1. The summed E-state index contributed by atoms with van der Waals surface area (Å²) in [6, 6.07) is 5.75. The number of carbonyl (C=O) groups is 2. The number of aryl methyl sites for hydroxylation is 5. The predicted octanol–water partition coefficient (Wildman–Crippen LogP) is 4.68. The molecule has 0 saturated heterocycles. The molecule has 0 radical (unpaired) electrons. The van der Waals surface area contributed by atoms with Crippen LogP contribution in [-0.4, -0.2) is 23.6 Å². The van der Waals surface area contributed by atoms with Gasteiger partial charge in [0.05, 0.1) is 18.2 Å². The van der Waals surface area contributed by atoms with E-state index in [4.69, 9.17) is 4.74 Å². The van der Waals surface area contributed by atoms with Crippen molar-refractivity contribution in [1.29, 1.82) is 0 Å². The van der Waals surface area contributed by atoms with Gasteiger partial charge in [0.25, 0.3) is 5.56 Å². The van der Waals surface area contributed by atoms with Crippen molar-refractivity contribution in [2.45, 2.75) is 59.4 Å². The summed E-state index contributed by atoms with van der Waals surface area (Å²) in [6.07, 6.45) is 4.00. The average molecular weight is 453 g/mol. The maximum atomic E-state index is 12.8. The molecule has 0 saturated carbocycles. The zero-order chi connectivity index (χ0) is 23.0. The summed E-state index contributed by atoms with van der Waals surface area (Å²) in [5, 5.41) is 4.51. The summed E-state index contributed by atoms with van der Waals surface area (Å²) in [6.45, 7) is 6.23. The van der Waals surface area contributed by atoms with Crippen molar-refractivity contribution in [3.63, 3.8) is 0 Å². The summed E-state index contributed by atoms with van der Waals surface area (Å²) >= 11 is 1.47. The van der Waals surface area contributed by atoms with Crippen molar-refractivity contribution in [3.05, 3.63) is 61.2 Å². The number of ether oxygens (including phenoxy) is 1. The fourth-order valence-corrected chi connectivity index (χ4v) is 5.96. The summed E-state index contributed by atoms with van der Waals surface area (Å²) in [4.78, 5) is 39.1. The molecule has 4 rings (SSSR count). The summed E-state index contributed by atoms with van der Waals surface area (Å²) in [5.74, 6) is -0.634. The molecule has 0 bridgehead atoms. The van der Waals surface area contributed by atoms with E-state index in [0.29, 0.717) is 10.6 Å². The minimum absolute atomic E-state index is 0.114. The maximum absolute atomic E-state index is 12.8. The molecule has 2 aromatic heterocycles. The highest BCUT2D eigenvalue weighted by atomic mass is 32.1. The number of nitrogens with zero attached hydrogens (tertiary/aromatic N) is 1. The molecule has 6 nitrogen and oxygen atoms in total. The second-order valence-electron chi connectivity index (χ2n) is 8.50. The molecule has 0 fully saturated rings. The SMILES string of the molecule is COC(=O)c1c(NC(=O)CCn2c(=O)cc(C)c3cc(C)cc(C)c32)sc2c1CCCC2. The third kappa shape index (κ3) is 4.09. The van der Waals surface area contributed by atoms with Gasteiger partial charge in [-0.25, -0.2) is 4.79 Å². The molecule has 0 unspecified atom stereocenters. The number of esters is 1. The number of nitrogens with one attached hydrogen (secondary N) is 1. The molecule has 1 aliphatic carbocycles. The van der Waals surface area contributed by atoms with Gasteiger partial charge in [0.15, 0.2) is 0 Å². The Hall–Kier alpha value is -2.93. The number of carbonyl (C=O) groups excluding carboxylic acids is 2. The van der Waals surface area contributed by atoms with Crippen molar-refractivity contribution in [1.82, 2.24) is 4.57 Å². The third-order valence-electron chi connectivity index (χ3n) is 6.12. The van der Waals surface area contributed by atoms with E-state index in [0.717, 1.165) is 63.7 Å². The van der Waals surface area contributed by atoms with Gasteiger partial charge in [-0.05, 0) is 69.2 Å². The Bertz CT molecular complexity index is 1290. The molecule has 2 heterocycles. The first-order valence-corrected chi connectivity index (χ1v) is 11.8. The van der Waals surface area contributed by atoms with Crippen LogP contribution in [0.25, 0.3) is 10.9 Å². The van der Waals surface area contributed by atoms with E-state index in [1.165, 1.54) is 18.4 Å². The molecule has 32 heavy (non-hydrogen) atoms. The van der Waals surface area contributed by atoms with Crippen molar-refractivity contribution < 1.29 is 14.3 Å². The Morgan fingerprint density at radius 2 is 1.84 bits per heavy atom. The molecule has 3 aromatic rings. The number of fused-ring (bicyclic) bond motifs is 2. The molecule has 1 aliphatic rings. The van der Waals surface area contributed by atoms with Gasteiger partial charge in [-0.1, -0.05) is 11.6 Å². The van der Waals surface area contributed by atoms with E-state index in [9.17, 15) is 14.4 Å². The van der Waals surface area contributed by atoms with Gasteiger partial charge < -0.3 is 14.6 Å². The first kappa shape index (κ1) is 22.3. The standard InChI is InChI=1S/C25H28N2O4S/c1-14-11-16(3)23-18(12-14)15(2)13-21(29)27(23)10-9-20(28)26-24-22(25(30)31-4)17-7-5-6-8-19(17)32-24/h11-13H,5-10H2,1-4H3,(H,26,28). The highest BCUT2D eigenvalue weighted by Crippen LogP contribution is 2.38. The second kappa shape index (κ2) is 8.90. The third-order valence-corrected chi connectivity index (χ3v) is 7.33. The fraction of sp³-hybridized carbons (Fsp3) is 0.400. The number of hydrogen-bond acceptors (Lipinski definition) is 5. The van der Waals surface area contributed by atoms with E-state index in [-0.39, 0.29) is 24.4 Å². The van der Waals surface area contributed by atoms with Crippen molar-refractivity contribution in [2.24, 2.45) is 0 Å². The smallest absolute Gasteiger partial charge is 0.341 e. The molecule has 0 spiro atoms. The van der Waals surface area contributed by atoms with Gasteiger partial charge in [0, 0.05) is 29.3 Å². The van der Waals surface area contributed by atoms with Crippen LogP contribution in [0.4, 0.5) is 5.00 Å². The maximum Gasteiger partial charge on any atom is 0.341 e. The van der Waals surface area contributed by atoms with Gasteiger partial charge >= 0.3 is 5.97 Å². The highest BCUT2D eigenvalue weighted by Gasteiger charge is 2.27. The number of anilines is 1. The number of aromatic nitrogens is 1. The minimum Gasteiger partial charge on any atom is -0.465 e. The quantitative estimate of drug-likeness (QED) is 0.570. The molecule has 0 aliphatic heterocycles. The molecule has 1 N–H and O–H groups in total. The lowest BCUT2D eigenvalue weighted by Crippen LogP contribution is -2.24. The number of thiophene rings is 1. The van der Waals surface area contributed by atoms with Crippen LogP contribution in [-0.2, 0) is 28.9 Å². The van der Waals surface area contributed by atoms with E-state index in [1.807, 2.05) is 20.8 Å². The molecule has 1 amide bonds. The van der Waals surface area contributed by atoms with Gasteiger partial charge in [-0.3, -0.25) is 9.59 Å². The van der Waals surface area contributed by atoms with Gasteiger partial charge in [0.1, 0.15) is 5.00 Å². The lowest BCUT2D eigenvalue weighted by molar-refractivity contribution is -0.116. The number of hydrogen-bond donors (Lipinski definition) is 1. The molecular weight excluding hydrogens is 424 g/mol.